The zero-order valence-corrected chi connectivity index (χ0v) is 32.4. The third-order valence-electron chi connectivity index (χ3n) is 8.00. The first-order valence-corrected chi connectivity index (χ1v) is 20.6. The standard InChI is InChI=1S/C38H72NO8P/c1-6-8-10-12-14-16-18-19-21-23-25-27-29-31-38(41)47-36(35-46-48(42,43)45-33-32-39(3,4)5)34-44-37(40)30-28-26-24-22-20-17-15-13-11-9-7-2/h19,21,25,27,36H,6-18,20,22-24,26,28-35H2,1-5H3/p+1/b21-19+,27-25+. The van der Waals surface area contributed by atoms with Gasteiger partial charge in [-0.05, 0) is 32.1 Å². The average molecular weight is 703 g/mol. The molecular formula is C38H73NO8P+. The number of phosphoric acid groups is 1. The molecule has 0 spiro atoms. The van der Waals surface area contributed by atoms with Crippen LogP contribution in [0.2, 0.25) is 0 Å². The van der Waals surface area contributed by atoms with E-state index in [1.54, 1.807) is 0 Å². The molecule has 0 aromatic carbocycles. The number of carbonyl (C=O) groups is 2. The Balaban J connectivity index is 4.53. The van der Waals surface area contributed by atoms with E-state index < -0.39 is 26.5 Å². The molecule has 0 radical (unpaired) electrons. The molecule has 0 rings (SSSR count). The quantitative estimate of drug-likeness (QED) is 0.0232. The molecule has 0 aromatic rings. The van der Waals surface area contributed by atoms with E-state index in [1.165, 1.54) is 89.9 Å². The summed E-state index contributed by atoms with van der Waals surface area (Å²) in [5, 5.41) is 0. The van der Waals surface area contributed by atoms with Crippen molar-refractivity contribution in [3.05, 3.63) is 24.3 Å². The first-order chi connectivity index (χ1) is 23.0. The van der Waals surface area contributed by atoms with Crippen molar-refractivity contribution in [3.63, 3.8) is 0 Å². The van der Waals surface area contributed by atoms with Crippen molar-refractivity contribution in [3.8, 4) is 0 Å². The summed E-state index contributed by atoms with van der Waals surface area (Å²) in [6, 6.07) is 0. The Morgan fingerprint density at radius 1 is 0.646 bits per heavy atom. The molecular weight excluding hydrogens is 629 g/mol. The van der Waals surface area contributed by atoms with Crippen LogP contribution in [0.5, 0.6) is 0 Å². The van der Waals surface area contributed by atoms with Gasteiger partial charge in [0.2, 0.25) is 0 Å². The predicted molar refractivity (Wildman–Crippen MR) is 197 cm³/mol. The van der Waals surface area contributed by atoms with Crippen LogP contribution in [-0.2, 0) is 32.7 Å². The maximum atomic E-state index is 12.6. The van der Waals surface area contributed by atoms with Crippen LogP contribution >= 0.6 is 7.82 Å². The minimum atomic E-state index is -4.37. The summed E-state index contributed by atoms with van der Waals surface area (Å²) in [7, 11) is 1.45. The second-order valence-electron chi connectivity index (χ2n) is 14.0. The lowest BCUT2D eigenvalue weighted by Crippen LogP contribution is -2.37. The Bertz CT molecular complexity index is 886. The number of phosphoric ester groups is 1. The van der Waals surface area contributed by atoms with Gasteiger partial charge in [-0.2, -0.15) is 0 Å². The highest BCUT2D eigenvalue weighted by molar-refractivity contribution is 7.47. The van der Waals surface area contributed by atoms with Crippen LogP contribution in [0.1, 0.15) is 155 Å². The summed E-state index contributed by atoms with van der Waals surface area (Å²) < 4.78 is 34.0. The van der Waals surface area contributed by atoms with E-state index in [-0.39, 0.29) is 32.0 Å². The molecule has 0 aliphatic heterocycles. The molecule has 0 heterocycles. The van der Waals surface area contributed by atoms with Crippen molar-refractivity contribution in [2.24, 2.45) is 0 Å². The summed E-state index contributed by atoms with van der Waals surface area (Å²) in [6.45, 7) is 4.32. The molecule has 0 amide bonds. The van der Waals surface area contributed by atoms with Crippen molar-refractivity contribution in [2.45, 2.75) is 161 Å². The summed E-state index contributed by atoms with van der Waals surface area (Å²) in [6.07, 6.45) is 31.0. The van der Waals surface area contributed by atoms with E-state index in [2.05, 4.69) is 26.0 Å². The summed E-state index contributed by atoms with van der Waals surface area (Å²) in [5.41, 5.74) is 0. The number of likely N-dealkylation sites (N-methyl/N-ethyl adjacent to an activating group) is 1. The van der Waals surface area contributed by atoms with Gasteiger partial charge in [-0.1, -0.05) is 134 Å². The van der Waals surface area contributed by atoms with Gasteiger partial charge in [-0.15, -0.1) is 0 Å². The highest BCUT2D eigenvalue weighted by Crippen LogP contribution is 2.43. The largest absolute Gasteiger partial charge is 0.472 e. The van der Waals surface area contributed by atoms with Gasteiger partial charge in [-0.3, -0.25) is 18.6 Å². The maximum absolute atomic E-state index is 12.6. The molecule has 0 bridgehead atoms. The topological polar surface area (TPSA) is 108 Å². The number of esters is 2. The number of unbranched alkanes of at least 4 members (excludes halogenated alkanes) is 16. The first-order valence-electron chi connectivity index (χ1n) is 19.1. The Kier molecular flexibility index (Phi) is 30.5. The van der Waals surface area contributed by atoms with Crippen LogP contribution < -0.4 is 0 Å². The van der Waals surface area contributed by atoms with Crippen LogP contribution in [0.3, 0.4) is 0 Å². The number of carbonyl (C=O) groups excluding carboxylic acids is 2. The zero-order chi connectivity index (χ0) is 35.8. The van der Waals surface area contributed by atoms with Gasteiger partial charge in [0.25, 0.3) is 0 Å². The SMILES string of the molecule is CCCCCCCC/C=C/C/C=C/CCC(=O)OC(COC(=O)CCCCCCCCCCCCC)COP(=O)(O)OCC[N+](C)(C)C. The molecule has 2 atom stereocenters. The number of allylic oxidation sites excluding steroid dienone is 4. The molecule has 282 valence electrons. The van der Waals surface area contributed by atoms with E-state index in [0.717, 1.165) is 32.1 Å². The third kappa shape index (κ3) is 34.4. The van der Waals surface area contributed by atoms with Crippen molar-refractivity contribution in [1.82, 2.24) is 0 Å². The van der Waals surface area contributed by atoms with E-state index in [9.17, 15) is 19.0 Å². The van der Waals surface area contributed by atoms with Gasteiger partial charge in [0.1, 0.15) is 19.8 Å². The number of ether oxygens (including phenoxy) is 2. The summed E-state index contributed by atoms with van der Waals surface area (Å²) in [5.74, 6) is -0.877. The molecule has 0 aliphatic carbocycles. The van der Waals surface area contributed by atoms with E-state index in [1.807, 2.05) is 33.3 Å². The van der Waals surface area contributed by atoms with Crippen LogP contribution in [0, 0.1) is 0 Å². The number of nitrogens with zero attached hydrogens (tertiary/aromatic N) is 1. The molecule has 0 saturated heterocycles. The predicted octanol–water partition coefficient (Wildman–Crippen LogP) is 10.0. The van der Waals surface area contributed by atoms with Crippen molar-refractivity contribution in [1.29, 1.82) is 0 Å². The molecule has 2 unspecified atom stereocenters. The van der Waals surface area contributed by atoms with Crippen molar-refractivity contribution < 1.29 is 42.1 Å². The lowest BCUT2D eigenvalue weighted by Gasteiger charge is -2.24. The van der Waals surface area contributed by atoms with Gasteiger partial charge in [0.05, 0.1) is 27.7 Å². The second kappa shape index (κ2) is 31.5. The molecule has 10 heteroatoms. The fourth-order valence-electron chi connectivity index (χ4n) is 4.95. The van der Waals surface area contributed by atoms with E-state index >= 15 is 0 Å². The Hall–Kier alpha value is -1.51. The first kappa shape index (κ1) is 46.5. The Morgan fingerprint density at radius 2 is 1.17 bits per heavy atom. The maximum Gasteiger partial charge on any atom is 0.472 e. The van der Waals surface area contributed by atoms with E-state index in [0.29, 0.717) is 17.4 Å². The molecule has 0 fully saturated rings. The Morgan fingerprint density at radius 3 is 1.73 bits per heavy atom. The van der Waals surface area contributed by atoms with Gasteiger partial charge in [0, 0.05) is 12.8 Å². The van der Waals surface area contributed by atoms with Gasteiger partial charge >= 0.3 is 19.8 Å². The zero-order valence-electron chi connectivity index (χ0n) is 31.5. The van der Waals surface area contributed by atoms with Crippen molar-refractivity contribution >= 4 is 19.8 Å². The average Bonchev–Trinajstić information content (AvgIpc) is 3.02. The number of hydrogen-bond donors (Lipinski definition) is 1. The summed E-state index contributed by atoms with van der Waals surface area (Å²) in [4.78, 5) is 35.1. The van der Waals surface area contributed by atoms with E-state index in [4.69, 9.17) is 18.5 Å². The highest BCUT2D eigenvalue weighted by atomic mass is 31.2. The molecule has 1 N–H and O–H groups in total. The smallest absolute Gasteiger partial charge is 0.462 e. The lowest BCUT2D eigenvalue weighted by atomic mass is 10.1. The minimum Gasteiger partial charge on any atom is -0.462 e. The fraction of sp³-hybridized carbons (Fsp3) is 0.842. The summed E-state index contributed by atoms with van der Waals surface area (Å²) >= 11 is 0. The van der Waals surface area contributed by atoms with Crippen LogP contribution in [0.25, 0.3) is 0 Å². The van der Waals surface area contributed by atoms with Gasteiger partial charge in [0.15, 0.2) is 6.10 Å². The van der Waals surface area contributed by atoms with Gasteiger partial charge in [-0.25, -0.2) is 4.57 Å². The highest BCUT2D eigenvalue weighted by Gasteiger charge is 2.27. The van der Waals surface area contributed by atoms with Crippen molar-refractivity contribution in [2.75, 3.05) is 47.5 Å². The number of hydrogen-bond acceptors (Lipinski definition) is 7. The molecule has 9 nitrogen and oxygen atoms in total. The van der Waals surface area contributed by atoms with Crippen LogP contribution in [0.4, 0.5) is 0 Å². The van der Waals surface area contributed by atoms with Gasteiger partial charge < -0.3 is 18.9 Å². The molecule has 0 aliphatic rings. The fourth-order valence-corrected chi connectivity index (χ4v) is 5.69. The number of rotatable bonds is 34. The van der Waals surface area contributed by atoms with Crippen LogP contribution in [-0.4, -0.2) is 74.9 Å². The normalized spacial score (nSPS) is 14.0. The molecule has 0 aromatic heterocycles. The lowest BCUT2D eigenvalue weighted by molar-refractivity contribution is -0.870. The molecule has 0 saturated carbocycles. The third-order valence-corrected chi connectivity index (χ3v) is 8.98. The monoisotopic (exact) mass is 703 g/mol. The van der Waals surface area contributed by atoms with Crippen LogP contribution in [0.15, 0.2) is 24.3 Å². The Labute approximate surface area is 294 Å². The number of quaternary nitrogens is 1. The second-order valence-corrected chi connectivity index (χ2v) is 15.4. The molecule has 48 heavy (non-hydrogen) atoms. The minimum absolute atomic E-state index is 0.0241.